The normalized spacial score (nSPS) is 20.6. The summed E-state index contributed by atoms with van der Waals surface area (Å²) in [6.07, 6.45) is 7.76. The summed E-state index contributed by atoms with van der Waals surface area (Å²) in [5.41, 5.74) is 0.562. The van der Waals surface area contributed by atoms with Crippen molar-refractivity contribution in [1.82, 2.24) is 20.2 Å². The highest BCUT2D eigenvalue weighted by Gasteiger charge is 2.22. The highest BCUT2D eigenvalue weighted by molar-refractivity contribution is 5.93. The number of hydrogen-bond acceptors (Lipinski definition) is 4. The summed E-state index contributed by atoms with van der Waals surface area (Å²) in [7, 11) is 1.87. The monoisotopic (exact) mass is 234 g/mol. The lowest BCUT2D eigenvalue weighted by molar-refractivity contribution is 0.0719. The molecule has 1 aromatic heterocycles. The Kier molecular flexibility index (Phi) is 4.03. The van der Waals surface area contributed by atoms with E-state index in [4.69, 9.17) is 0 Å². The zero-order chi connectivity index (χ0) is 12.1. The van der Waals surface area contributed by atoms with E-state index in [1.165, 1.54) is 6.33 Å². The third-order valence-corrected chi connectivity index (χ3v) is 3.22. The second-order valence-corrected chi connectivity index (χ2v) is 4.38. The van der Waals surface area contributed by atoms with Crippen molar-refractivity contribution in [3.8, 4) is 0 Å². The summed E-state index contributed by atoms with van der Waals surface area (Å²) in [4.78, 5) is 21.8. The minimum Gasteiger partial charge on any atom is -0.339 e. The van der Waals surface area contributed by atoms with E-state index in [1.807, 2.05) is 11.9 Å². The number of nitrogens with zero attached hydrogens (tertiary/aromatic N) is 3. The maximum Gasteiger partial charge on any atom is 0.256 e. The molecule has 92 valence electrons. The van der Waals surface area contributed by atoms with Crippen LogP contribution in [0.5, 0.6) is 0 Å². The largest absolute Gasteiger partial charge is 0.339 e. The molecule has 1 atom stereocenters. The summed E-state index contributed by atoms with van der Waals surface area (Å²) in [5.74, 6) is 0.0116. The quantitative estimate of drug-likeness (QED) is 0.818. The number of carbonyl (C=O) groups is 1. The molecule has 2 rings (SSSR count). The smallest absolute Gasteiger partial charge is 0.256 e. The van der Waals surface area contributed by atoms with Gasteiger partial charge >= 0.3 is 0 Å². The molecule has 0 aliphatic carbocycles. The lowest BCUT2D eigenvalue weighted by Crippen LogP contribution is -2.37. The van der Waals surface area contributed by atoms with Gasteiger partial charge in [-0.2, -0.15) is 0 Å². The van der Waals surface area contributed by atoms with Gasteiger partial charge < -0.3 is 10.2 Å². The fourth-order valence-electron chi connectivity index (χ4n) is 2.17. The lowest BCUT2D eigenvalue weighted by Gasteiger charge is -2.26. The maximum atomic E-state index is 12.2. The molecular formula is C12H18N4O. The van der Waals surface area contributed by atoms with Crippen molar-refractivity contribution >= 4 is 5.91 Å². The Morgan fingerprint density at radius 1 is 1.35 bits per heavy atom. The minimum atomic E-state index is 0.0116. The van der Waals surface area contributed by atoms with Gasteiger partial charge in [-0.25, -0.2) is 9.97 Å². The van der Waals surface area contributed by atoms with E-state index in [0.29, 0.717) is 11.6 Å². The van der Waals surface area contributed by atoms with Gasteiger partial charge in [-0.05, 0) is 32.4 Å². The molecule has 5 nitrogen and oxygen atoms in total. The number of rotatable bonds is 2. The predicted molar refractivity (Wildman–Crippen MR) is 64.6 cm³/mol. The summed E-state index contributed by atoms with van der Waals surface area (Å²) in [6, 6.07) is 0.317. The van der Waals surface area contributed by atoms with Crippen LogP contribution in [-0.2, 0) is 0 Å². The molecule has 0 saturated carbocycles. The molecule has 1 unspecified atom stereocenters. The van der Waals surface area contributed by atoms with Gasteiger partial charge in [0.05, 0.1) is 5.56 Å². The minimum absolute atomic E-state index is 0.0116. The number of hydrogen-bond donors (Lipinski definition) is 1. The fraction of sp³-hybridized carbons (Fsp3) is 0.583. The molecule has 1 aliphatic rings. The van der Waals surface area contributed by atoms with E-state index in [-0.39, 0.29) is 5.91 Å². The van der Waals surface area contributed by atoms with E-state index in [1.54, 1.807) is 12.4 Å². The molecule has 0 spiro atoms. The maximum absolute atomic E-state index is 12.2. The zero-order valence-electron chi connectivity index (χ0n) is 10.1. The summed E-state index contributed by atoms with van der Waals surface area (Å²) >= 11 is 0. The standard InChI is InChI=1S/C12H18N4O/c1-16(11-3-2-5-13-6-4-11)12(17)10-7-14-9-15-8-10/h7-9,11,13H,2-6H2,1H3. The highest BCUT2D eigenvalue weighted by Crippen LogP contribution is 2.14. The second-order valence-electron chi connectivity index (χ2n) is 4.38. The van der Waals surface area contributed by atoms with Crippen molar-refractivity contribution in [3.05, 3.63) is 24.3 Å². The van der Waals surface area contributed by atoms with Gasteiger partial charge in [0.1, 0.15) is 6.33 Å². The Hall–Kier alpha value is -1.49. The van der Waals surface area contributed by atoms with Gasteiger partial charge in [0.2, 0.25) is 0 Å². The Morgan fingerprint density at radius 3 is 2.88 bits per heavy atom. The average molecular weight is 234 g/mol. The van der Waals surface area contributed by atoms with Gasteiger partial charge in [0, 0.05) is 25.5 Å². The Balaban J connectivity index is 2.03. The first-order valence-corrected chi connectivity index (χ1v) is 6.02. The van der Waals surface area contributed by atoms with Crippen molar-refractivity contribution in [1.29, 1.82) is 0 Å². The topological polar surface area (TPSA) is 58.1 Å². The summed E-state index contributed by atoms with van der Waals surface area (Å²) in [5, 5.41) is 3.35. The summed E-state index contributed by atoms with van der Waals surface area (Å²) in [6.45, 7) is 2.03. The molecule has 0 aromatic carbocycles. The first kappa shape index (κ1) is 12.0. The first-order valence-electron chi connectivity index (χ1n) is 6.02. The van der Waals surface area contributed by atoms with Crippen LogP contribution in [0.25, 0.3) is 0 Å². The van der Waals surface area contributed by atoms with E-state index in [9.17, 15) is 4.79 Å². The Morgan fingerprint density at radius 2 is 2.12 bits per heavy atom. The van der Waals surface area contributed by atoms with Gasteiger partial charge in [0.15, 0.2) is 0 Å². The van der Waals surface area contributed by atoms with Crippen LogP contribution in [0.4, 0.5) is 0 Å². The van der Waals surface area contributed by atoms with Crippen LogP contribution in [0.1, 0.15) is 29.6 Å². The molecule has 0 radical (unpaired) electrons. The third kappa shape index (κ3) is 3.00. The van der Waals surface area contributed by atoms with Crippen LogP contribution in [0.3, 0.4) is 0 Å². The van der Waals surface area contributed by atoms with Crippen LogP contribution < -0.4 is 5.32 Å². The number of nitrogens with one attached hydrogen (secondary N) is 1. The van der Waals surface area contributed by atoms with Crippen molar-refractivity contribution in [2.24, 2.45) is 0 Å². The fourth-order valence-corrected chi connectivity index (χ4v) is 2.17. The number of aromatic nitrogens is 2. The Labute approximate surface area is 101 Å². The average Bonchev–Trinajstić information content (AvgIpc) is 2.67. The van der Waals surface area contributed by atoms with E-state index in [0.717, 1.165) is 32.4 Å². The summed E-state index contributed by atoms with van der Waals surface area (Å²) < 4.78 is 0. The van der Waals surface area contributed by atoms with E-state index in [2.05, 4.69) is 15.3 Å². The molecule has 1 saturated heterocycles. The van der Waals surface area contributed by atoms with Crippen LogP contribution >= 0.6 is 0 Å². The Bertz CT molecular complexity index is 360. The predicted octanol–water partition coefficient (Wildman–Crippen LogP) is 0.691. The van der Waals surface area contributed by atoms with Crippen LogP contribution in [0.15, 0.2) is 18.7 Å². The lowest BCUT2D eigenvalue weighted by atomic mass is 10.1. The molecular weight excluding hydrogens is 216 g/mol. The van der Waals surface area contributed by atoms with Crippen LogP contribution in [0.2, 0.25) is 0 Å². The van der Waals surface area contributed by atoms with Crippen molar-refractivity contribution in [3.63, 3.8) is 0 Å². The highest BCUT2D eigenvalue weighted by atomic mass is 16.2. The molecule has 17 heavy (non-hydrogen) atoms. The SMILES string of the molecule is CN(C(=O)c1cncnc1)C1CCCNCC1. The third-order valence-electron chi connectivity index (χ3n) is 3.22. The van der Waals surface area contributed by atoms with Gasteiger partial charge in [-0.1, -0.05) is 0 Å². The van der Waals surface area contributed by atoms with Crippen molar-refractivity contribution in [2.75, 3.05) is 20.1 Å². The molecule has 1 fully saturated rings. The molecule has 2 heterocycles. The van der Waals surface area contributed by atoms with Gasteiger partial charge in [-0.3, -0.25) is 4.79 Å². The van der Waals surface area contributed by atoms with Crippen LogP contribution in [0, 0.1) is 0 Å². The number of carbonyl (C=O) groups excluding carboxylic acids is 1. The van der Waals surface area contributed by atoms with Crippen molar-refractivity contribution < 1.29 is 4.79 Å². The van der Waals surface area contributed by atoms with Crippen molar-refractivity contribution in [2.45, 2.75) is 25.3 Å². The van der Waals surface area contributed by atoms with Gasteiger partial charge in [0.25, 0.3) is 5.91 Å². The molecule has 1 amide bonds. The first-order chi connectivity index (χ1) is 8.29. The molecule has 0 bridgehead atoms. The number of amides is 1. The van der Waals surface area contributed by atoms with E-state index < -0.39 is 0 Å². The van der Waals surface area contributed by atoms with Gasteiger partial charge in [-0.15, -0.1) is 0 Å². The molecule has 1 aromatic rings. The molecule has 5 heteroatoms. The molecule has 1 N–H and O–H groups in total. The van der Waals surface area contributed by atoms with Crippen LogP contribution in [-0.4, -0.2) is 47.0 Å². The molecule has 1 aliphatic heterocycles. The second kappa shape index (κ2) is 5.72. The van der Waals surface area contributed by atoms with E-state index >= 15 is 0 Å². The zero-order valence-corrected chi connectivity index (χ0v) is 10.1.